The Morgan fingerprint density at radius 2 is 1.98 bits per heavy atom. The van der Waals surface area contributed by atoms with Crippen molar-refractivity contribution < 1.29 is 27.1 Å². The van der Waals surface area contributed by atoms with Crippen molar-refractivity contribution >= 4 is 17.5 Å². The van der Waals surface area contributed by atoms with E-state index in [4.69, 9.17) is 20.4 Å². The minimum absolute atomic E-state index is 0.0222. The topological polar surface area (TPSA) is 128 Å². The Bertz CT molecular complexity index is 1770. The molecule has 0 radical (unpaired) electrons. The number of carbonyl (C=O) groups excluding carboxylic acids is 1. The SMILES string of the molecule is Cc1cc(N)nc([C@@H]2Cc3nc(OC[C@@]45CCCN4C[C@H](F)C5)nc(N4CCN(C(=O)/C=C/C5CCN5C)[C@@H](CC#N)C4)c3C[C@H]2C)c1C(F)(F)F. The Labute approximate surface area is 301 Å². The first kappa shape index (κ1) is 36.3. The van der Waals surface area contributed by atoms with Gasteiger partial charge in [0.05, 0.1) is 41.0 Å². The normalized spacial score (nSPS) is 29.5. The number of hydrogen-bond acceptors (Lipinski definition) is 10. The first-order chi connectivity index (χ1) is 24.8. The van der Waals surface area contributed by atoms with E-state index in [0.717, 1.165) is 37.9 Å². The number of pyridine rings is 1. The second kappa shape index (κ2) is 14.1. The van der Waals surface area contributed by atoms with E-state index in [0.29, 0.717) is 50.5 Å². The number of fused-ring (bicyclic) bond motifs is 2. The van der Waals surface area contributed by atoms with Crippen LogP contribution >= 0.6 is 0 Å². The van der Waals surface area contributed by atoms with Crippen molar-refractivity contribution in [3.63, 3.8) is 0 Å². The number of hydrogen-bond donors (Lipinski definition) is 1. The van der Waals surface area contributed by atoms with Crippen LogP contribution in [0.25, 0.3) is 0 Å². The molecule has 0 spiro atoms. The molecule has 4 fully saturated rings. The molecule has 6 atom stereocenters. The number of nitriles is 1. The molecule has 4 aliphatic heterocycles. The van der Waals surface area contributed by atoms with Gasteiger partial charge in [0.2, 0.25) is 5.91 Å². The monoisotopic (exact) mass is 725 g/mol. The Morgan fingerprint density at radius 3 is 2.69 bits per heavy atom. The van der Waals surface area contributed by atoms with Crippen LogP contribution in [0, 0.1) is 24.2 Å². The molecule has 11 nitrogen and oxygen atoms in total. The fraction of sp³-hybridized carbons (Fsp3) is 0.649. The molecule has 280 valence electrons. The number of anilines is 2. The maximum absolute atomic E-state index is 14.6. The van der Waals surface area contributed by atoms with E-state index in [1.165, 1.54) is 13.0 Å². The van der Waals surface area contributed by atoms with Gasteiger partial charge in [0.15, 0.2) is 0 Å². The van der Waals surface area contributed by atoms with Gasteiger partial charge in [-0.15, -0.1) is 0 Å². The number of likely N-dealkylation sites (N-methyl/N-ethyl adjacent to an activating group) is 1. The molecule has 2 aromatic heterocycles. The number of rotatable bonds is 8. The molecule has 15 heteroatoms. The van der Waals surface area contributed by atoms with Crippen LogP contribution in [-0.2, 0) is 23.8 Å². The van der Waals surface area contributed by atoms with Gasteiger partial charge in [-0.3, -0.25) is 14.6 Å². The van der Waals surface area contributed by atoms with Crippen molar-refractivity contribution in [3.05, 3.63) is 46.3 Å². The summed E-state index contributed by atoms with van der Waals surface area (Å²) in [5.41, 5.74) is 6.10. The number of nitrogen functional groups attached to an aromatic ring is 1. The van der Waals surface area contributed by atoms with E-state index in [1.807, 2.05) is 24.9 Å². The summed E-state index contributed by atoms with van der Waals surface area (Å²) in [6, 6.07) is 3.40. The molecule has 5 aliphatic rings. The summed E-state index contributed by atoms with van der Waals surface area (Å²) < 4.78 is 64.3. The Morgan fingerprint density at radius 1 is 1.17 bits per heavy atom. The fourth-order valence-electron chi connectivity index (χ4n) is 9.13. The molecule has 0 aromatic carbocycles. The van der Waals surface area contributed by atoms with Crippen LogP contribution in [0.5, 0.6) is 6.01 Å². The maximum Gasteiger partial charge on any atom is 0.418 e. The summed E-state index contributed by atoms with van der Waals surface area (Å²) in [5.74, 6) is -0.418. The highest BCUT2D eigenvalue weighted by Gasteiger charge is 2.50. The van der Waals surface area contributed by atoms with E-state index in [9.17, 15) is 27.6 Å². The zero-order valence-electron chi connectivity index (χ0n) is 30.0. The van der Waals surface area contributed by atoms with E-state index < -0.39 is 35.4 Å². The van der Waals surface area contributed by atoms with Gasteiger partial charge in [-0.05, 0) is 70.2 Å². The van der Waals surface area contributed by atoms with E-state index >= 15 is 0 Å². The molecule has 1 aliphatic carbocycles. The fourth-order valence-corrected chi connectivity index (χ4v) is 9.13. The minimum Gasteiger partial charge on any atom is -0.461 e. The second-order valence-electron chi connectivity index (χ2n) is 15.4. The number of nitrogens with zero attached hydrogens (tertiary/aromatic N) is 8. The molecule has 2 aromatic rings. The lowest BCUT2D eigenvalue weighted by Gasteiger charge is -2.42. The molecule has 0 saturated carbocycles. The average Bonchev–Trinajstić information content (AvgIpc) is 3.60. The quantitative estimate of drug-likeness (QED) is 0.308. The van der Waals surface area contributed by atoms with Gasteiger partial charge >= 0.3 is 12.2 Å². The third kappa shape index (κ3) is 6.91. The Balaban J connectivity index is 1.22. The number of ether oxygens (including phenoxy) is 1. The highest BCUT2D eigenvalue weighted by molar-refractivity contribution is 5.88. The van der Waals surface area contributed by atoms with Crippen LogP contribution < -0.4 is 15.4 Å². The van der Waals surface area contributed by atoms with Crippen LogP contribution in [0.1, 0.15) is 73.0 Å². The van der Waals surface area contributed by atoms with Gasteiger partial charge in [0.1, 0.15) is 24.4 Å². The van der Waals surface area contributed by atoms with Crippen molar-refractivity contribution in [1.82, 2.24) is 29.7 Å². The van der Waals surface area contributed by atoms with Crippen LogP contribution in [-0.4, -0.2) is 112 Å². The lowest BCUT2D eigenvalue weighted by Crippen LogP contribution is -2.55. The average molecular weight is 726 g/mol. The summed E-state index contributed by atoms with van der Waals surface area (Å²) in [7, 11) is 2.01. The summed E-state index contributed by atoms with van der Waals surface area (Å²) in [6.07, 6.45) is 1.72. The zero-order chi connectivity index (χ0) is 36.9. The number of likely N-dealkylation sites (tertiary alicyclic amines) is 1. The van der Waals surface area contributed by atoms with Gasteiger partial charge in [-0.2, -0.15) is 28.4 Å². The van der Waals surface area contributed by atoms with Crippen molar-refractivity contribution in [2.75, 3.05) is 63.6 Å². The van der Waals surface area contributed by atoms with Gasteiger partial charge in [0.25, 0.3) is 0 Å². The number of amides is 1. The molecular formula is C37H47F4N9O2. The number of nitrogens with two attached hydrogens (primary N) is 1. The standard InChI is InChI=1S/C37H47F4N9O2/c1-22-15-28-29(17-27(22)33-32(37(39,40)41)23(2)16-30(43)45-33)44-35(52-21-36-9-4-11-49(36)19-24(38)18-36)46-34(28)48-13-14-50(26(20-48)7-10-42)31(51)6-5-25-8-12-47(25)3/h5-6,16,22,24-27H,4,7-9,11-15,17-21H2,1-3H3,(H2,43,45)/b6-5+/t22-,24-,25?,26+,27-,36+/m1/s1. The summed E-state index contributed by atoms with van der Waals surface area (Å²) in [5, 5.41) is 9.77. The molecule has 7 rings (SSSR count). The van der Waals surface area contributed by atoms with Gasteiger partial charge in [-0.1, -0.05) is 13.0 Å². The van der Waals surface area contributed by atoms with E-state index in [-0.39, 0.29) is 60.4 Å². The van der Waals surface area contributed by atoms with E-state index in [2.05, 4.69) is 20.9 Å². The van der Waals surface area contributed by atoms with Crippen LogP contribution in [0.2, 0.25) is 0 Å². The van der Waals surface area contributed by atoms with Crippen molar-refractivity contribution in [2.24, 2.45) is 5.92 Å². The number of piperazine rings is 1. The predicted octanol–water partition coefficient (Wildman–Crippen LogP) is 4.45. The number of carbonyl (C=O) groups is 1. The predicted molar refractivity (Wildman–Crippen MR) is 186 cm³/mol. The van der Waals surface area contributed by atoms with Gasteiger partial charge in [0, 0.05) is 62.7 Å². The lowest BCUT2D eigenvalue weighted by atomic mass is 9.75. The molecule has 1 amide bonds. The lowest BCUT2D eigenvalue weighted by molar-refractivity contribution is -0.139. The van der Waals surface area contributed by atoms with Crippen LogP contribution in [0.3, 0.4) is 0 Å². The molecule has 52 heavy (non-hydrogen) atoms. The highest BCUT2D eigenvalue weighted by Crippen LogP contribution is 2.46. The number of aromatic nitrogens is 3. The molecule has 6 heterocycles. The van der Waals surface area contributed by atoms with Crippen molar-refractivity contribution in [1.29, 1.82) is 5.26 Å². The molecule has 0 bridgehead atoms. The number of aryl methyl sites for hydroxylation is 1. The largest absolute Gasteiger partial charge is 0.461 e. The second-order valence-corrected chi connectivity index (χ2v) is 15.4. The van der Waals surface area contributed by atoms with Gasteiger partial charge < -0.3 is 20.3 Å². The smallest absolute Gasteiger partial charge is 0.418 e. The first-order valence-corrected chi connectivity index (χ1v) is 18.3. The van der Waals surface area contributed by atoms with Crippen molar-refractivity contribution in [3.8, 4) is 12.1 Å². The molecular weight excluding hydrogens is 678 g/mol. The zero-order valence-corrected chi connectivity index (χ0v) is 30.0. The maximum atomic E-state index is 14.6. The van der Waals surface area contributed by atoms with Crippen LogP contribution in [0.4, 0.5) is 29.2 Å². The Hall–Kier alpha value is -4.03. The first-order valence-electron chi connectivity index (χ1n) is 18.3. The number of alkyl halides is 4. The van der Waals surface area contributed by atoms with Gasteiger partial charge in [-0.25, -0.2) is 9.37 Å². The van der Waals surface area contributed by atoms with Crippen LogP contribution in [0.15, 0.2) is 18.2 Å². The third-order valence-corrected chi connectivity index (χ3v) is 12.0. The summed E-state index contributed by atoms with van der Waals surface area (Å²) in [6.45, 7) is 6.78. The number of halogens is 4. The molecule has 2 N–H and O–H groups in total. The summed E-state index contributed by atoms with van der Waals surface area (Å²) >= 11 is 0. The Kier molecular flexibility index (Phi) is 9.84. The van der Waals surface area contributed by atoms with E-state index in [1.54, 1.807) is 11.0 Å². The highest BCUT2D eigenvalue weighted by atomic mass is 19.4. The molecule has 1 unspecified atom stereocenters. The van der Waals surface area contributed by atoms with Crippen molar-refractivity contribution in [2.45, 2.75) is 94.7 Å². The third-order valence-electron chi connectivity index (χ3n) is 12.0. The molecule has 4 saturated heterocycles. The minimum atomic E-state index is -4.62. The summed E-state index contributed by atoms with van der Waals surface area (Å²) in [4.78, 5) is 35.5.